The smallest absolute Gasteiger partial charge is 0.235 e. The maximum Gasteiger partial charge on any atom is 0.235 e. The molecule has 0 radical (unpaired) electrons. The van der Waals surface area contributed by atoms with Crippen molar-refractivity contribution in [2.24, 2.45) is 0 Å². The van der Waals surface area contributed by atoms with Crippen molar-refractivity contribution in [1.29, 1.82) is 0 Å². The fourth-order valence-corrected chi connectivity index (χ4v) is 20.5. The van der Waals surface area contributed by atoms with Crippen molar-refractivity contribution in [3.63, 3.8) is 0 Å². The molecule has 139 heavy (non-hydrogen) atoms. The van der Waals surface area contributed by atoms with Crippen LogP contribution < -0.4 is 0 Å². The van der Waals surface area contributed by atoms with E-state index in [9.17, 15) is 0 Å². The largest absolute Gasteiger partial charge is 0.456 e. The summed E-state index contributed by atoms with van der Waals surface area (Å²) in [5.41, 5.74) is 31.1. The van der Waals surface area contributed by atoms with Gasteiger partial charge in [0.05, 0.1) is 72.6 Å². The van der Waals surface area contributed by atoms with E-state index in [2.05, 4.69) is 372 Å². The van der Waals surface area contributed by atoms with Gasteiger partial charge in [0.15, 0.2) is 11.6 Å². The Balaban J connectivity index is 0.000000105. The molecule has 0 saturated carbocycles. The highest BCUT2D eigenvalue weighted by Crippen LogP contribution is 2.47. The molecule has 0 aliphatic heterocycles. The lowest BCUT2D eigenvalue weighted by molar-refractivity contribution is 0.668. The fourth-order valence-electron chi connectivity index (χ4n) is 20.5. The van der Waals surface area contributed by atoms with Crippen LogP contribution in [0.3, 0.4) is 0 Å². The second-order valence-electron chi connectivity index (χ2n) is 35.0. The van der Waals surface area contributed by atoms with Gasteiger partial charge in [-0.25, -0.2) is 29.9 Å². The third-order valence-corrected chi connectivity index (χ3v) is 26.9. The van der Waals surface area contributed by atoms with E-state index in [0.29, 0.717) is 17.6 Å². The second-order valence-corrected chi connectivity index (χ2v) is 35.0. The Hall–Kier alpha value is -19.0. The summed E-state index contributed by atoms with van der Waals surface area (Å²) in [6.07, 6.45) is 0. The van der Waals surface area contributed by atoms with Crippen LogP contribution in [0.25, 0.3) is 272 Å². The van der Waals surface area contributed by atoms with Crippen LogP contribution in [0.5, 0.6) is 0 Å². The first-order chi connectivity index (χ1) is 68.9. The van der Waals surface area contributed by atoms with Crippen molar-refractivity contribution >= 4 is 153 Å². The molecule has 10 aromatic heterocycles. The van der Waals surface area contributed by atoms with Gasteiger partial charge in [-0.15, -0.1) is 0 Å². The molecule has 0 aliphatic rings. The topological polar surface area (TPSA) is 145 Å². The highest BCUT2D eigenvalue weighted by atomic mass is 16.3. The molecule has 0 unspecified atom stereocenters. The molecule has 29 aromatic rings. The van der Waals surface area contributed by atoms with Gasteiger partial charge in [-0.2, -0.15) is 0 Å². The SMILES string of the molecule is c1ccc(-c2cc(-c3ccc4c(c3)oc3ccccc34)nc(-c3ccc4c5ccccc5n(-c5ccccc5)c4c3)n2)cc1.c1ccc(-c2cc(-c3ccc4oc5ccccc5c4c3)nc(-c3cccc4c3c3ccccc3n4-c3ccccc3)n2)cc1.c1ccc(-c2cccc(-c3cc(-c4cccc5oc6ccccc6c45)nc(-n4c5ccccc5c5c6oc7ccccc7c6ccc54)n3)c2)cc1. The van der Waals surface area contributed by atoms with Crippen LogP contribution in [0.2, 0.25) is 0 Å². The van der Waals surface area contributed by atoms with E-state index in [1.54, 1.807) is 0 Å². The summed E-state index contributed by atoms with van der Waals surface area (Å²) in [5.74, 6) is 1.96. The number of hydrogen-bond donors (Lipinski definition) is 0. The maximum absolute atomic E-state index is 6.58. The summed E-state index contributed by atoms with van der Waals surface area (Å²) >= 11 is 0. The molecule has 0 spiro atoms. The van der Waals surface area contributed by atoms with Gasteiger partial charge < -0.3 is 26.8 Å². The van der Waals surface area contributed by atoms with Gasteiger partial charge in [-0.3, -0.25) is 4.57 Å². The summed E-state index contributed by atoms with van der Waals surface area (Å²) in [5, 5.41) is 15.5. The molecular weight excluding hydrogens is 1700 g/mol. The minimum absolute atomic E-state index is 0.582. The summed E-state index contributed by atoms with van der Waals surface area (Å²) in [7, 11) is 0. The van der Waals surface area contributed by atoms with Crippen LogP contribution in [-0.2, 0) is 0 Å². The van der Waals surface area contributed by atoms with E-state index in [0.717, 1.165) is 233 Å². The third-order valence-electron chi connectivity index (χ3n) is 26.9. The van der Waals surface area contributed by atoms with Crippen LogP contribution in [0.1, 0.15) is 0 Å². The maximum atomic E-state index is 6.58. The Bertz CT molecular complexity index is 9930. The van der Waals surface area contributed by atoms with Gasteiger partial charge in [-0.05, 0) is 163 Å². The minimum atomic E-state index is 0.582. The van der Waals surface area contributed by atoms with Crippen molar-refractivity contribution in [2.75, 3.05) is 0 Å². The normalized spacial score (nSPS) is 11.7. The molecule has 13 heteroatoms. The molecule has 0 saturated heterocycles. The molecule has 0 bridgehead atoms. The lowest BCUT2D eigenvalue weighted by Gasteiger charge is -2.13. The van der Waals surface area contributed by atoms with E-state index >= 15 is 0 Å². The van der Waals surface area contributed by atoms with Crippen LogP contribution in [0.15, 0.2) is 485 Å². The van der Waals surface area contributed by atoms with Gasteiger partial charge >= 0.3 is 0 Å². The van der Waals surface area contributed by atoms with Gasteiger partial charge in [0.25, 0.3) is 0 Å². The first kappa shape index (κ1) is 79.7. The number of para-hydroxylation sites is 9. The average Bonchev–Trinajstić information content (AvgIpc) is 1.55. The van der Waals surface area contributed by atoms with Crippen LogP contribution in [0, 0.1) is 0 Å². The number of furan rings is 4. The van der Waals surface area contributed by atoms with E-state index in [4.69, 9.17) is 47.6 Å². The van der Waals surface area contributed by atoms with Crippen molar-refractivity contribution in [1.82, 2.24) is 43.6 Å². The second kappa shape index (κ2) is 33.0. The Labute approximate surface area is 795 Å². The summed E-state index contributed by atoms with van der Waals surface area (Å²) in [6, 6.07) is 161. The van der Waals surface area contributed by atoms with Crippen molar-refractivity contribution in [2.45, 2.75) is 0 Å². The van der Waals surface area contributed by atoms with E-state index < -0.39 is 0 Å². The first-order valence-corrected chi connectivity index (χ1v) is 46.6. The Morgan fingerprint density at radius 1 is 0.158 bits per heavy atom. The molecule has 29 rings (SSSR count). The zero-order chi connectivity index (χ0) is 91.5. The number of benzene rings is 19. The lowest BCUT2D eigenvalue weighted by atomic mass is 9.99. The number of nitrogens with zero attached hydrogens (tertiary/aromatic N) is 9. The molecule has 0 atom stereocenters. The fraction of sp³-hybridized carbons (Fsp3) is 0. The molecule has 13 nitrogen and oxygen atoms in total. The summed E-state index contributed by atoms with van der Waals surface area (Å²) in [6.45, 7) is 0. The van der Waals surface area contributed by atoms with E-state index in [-0.39, 0.29) is 0 Å². The zero-order valence-electron chi connectivity index (χ0n) is 74.6. The van der Waals surface area contributed by atoms with Crippen LogP contribution in [-0.4, -0.2) is 43.6 Å². The van der Waals surface area contributed by atoms with Gasteiger partial charge in [-0.1, -0.05) is 315 Å². The van der Waals surface area contributed by atoms with E-state index in [1.165, 1.54) is 21.7 Å². The summed E-state index contributed by atoms with van der Waals surface area (Å²) < 4.78 is 32.1. The monoisotopic (exact) mass is 1780 g/mol. The summed E-state index contributed by atoms with van der Waals surface area (Å²) in [4.78, 5) is 31.5. The van der Waals surface area contributed by atoms with Crippen LogP contribution >= 0.6 is 0 Å². The number of hydrogen-bond acceptors (Lipinski definition) is 10. The molecule has 650 valence electrons. The molecule has 10 heterocycles. The van der Waals surface area contributed by atoms with Gasteiger partial charge in [0.1, 0.15) is 44.7 Å². The molecule has 19 aromatic carbocycles. The Kier molecular flexibility index (Phi) is 19.0. The lowest BCUT2D eigenvalue weighted by Crippen LogP contribution is -2.04. The molecular formula is C126H77N9O4. The predicted molar refractivity (Wildman–Crippen MR) is 567 cm³/mol. The first-order valence-electron chi connectivity index (χ1n) is 46.6. The minimum Gasteiger partial charge on any atom is -0.456 e. The molecule has 0 aliphatic carbocycles. The molecule has 0 amide bonds. The highest BCUT2D eigenvalue weighted by molar-refractivity contribution is 6.24. The average molecular weight is 1780 g/mol. The molecule has 0 N–H and O–H groups in total. The Morgan fingerprint density at radius 3 is 1.21 bits per heavy atom. The predicted octanol–water partition coefficient (Wildman–Crippen LogP) is 33.3. The number of fused-ring (bicyclic) bond motifs is 22. The Morgan fingerprint density at radius 2 is 0.540 bits per heavy atom. The highest BCUT2D eigenvalue weighted by Gasteiger charge is 2.27. The van der Waals surface area contributed by atoms with E-state index in [1.807, 2.05) is 109 Å². The number of aromatic nitrogens is 9. The standard InChI is InChI=1S/C46H27N3O2.2C40H25N3O/c1-2-12-28(13-3-1)29-14-10-15-30(26-29)36-27-37(33-19-11-23-42-43(33)35-18-6-9-22-41(35)50-42)48-46(47-36)49-38-20-7-4-17-34(38)44-39(49)25-24-32-31-16-5-8-21-40(31)51-45(32)44;1-3-12-26(13-4-1)33-25-34(27-22-23-38-32(24-27)29-16-8-10-21-37(29)44-38)42-40(41-33)31-18-11-20-36-39(31)30-17-7-9-19-35(30)43(36)28-14-5-2-6-15-28;1-3-11-26(12-4-1)34-25-35(27-19-22-33-32-16-8-10-18-38(32)44-39(33)24-27)42-40(41-34)28-20-21-31-30-15-7-9-17-36(30)43(37(31)23-28)29-13-5-2-6-14-29/h1-27H;2*1-25H. The van der Waals surface area contributed by atoms with Crippen molar-refractivity contribution < 1.29 is 17.7 Å². The zero-order valence-corrected chi connectivity index (χ0v) is 74.6. The van der Waals surface area contributed by atoms with Crippen molar-refractivity contribution in [3.05, 3.63) is 467 Å². The third kappa shape index (κ3) is 13.8. The van der Waals surface area contributed by atoms with Crippen molar-refractivity contribution in [3.8, 4) is 119 Å². The van der Waals surface area contributed by atoms with Crippen LogP contribution in [0.4, 0.5) is 0 Å². The number of rotatable bonds is 12. The molecule has 0 fully saturated rings. The quantitative estimate of drug-likeness (QED) is 0.116. The van der Waals surface area contributed by atoms with Gasteiger partial charge in [0.2, 0.25) is 5.95 Å². The van der Waals surface area contributed by atoms with Gasteiger partial charge in [0, 0.05) is 126 Å².